The second-order valence-electron chi connectivity index (χ2n) is 8.90. The van der Waals surface area contributed by atoms with Crippen LogP contribution in [-0.2, 0) is 13.0 Å². The zero-order valence-corrected chi connectivity index (χ0v) is 18.1. The van der Waals surface area contributed by atoms with Crippen LogP contribution >= 0.6 is 0 Å². The second kappa shape index (κ2) is 9.65. The molecule has 31 heavy (non-hydrogen) atoms. The number of aromatic nitrogens is 2. The maximum absolute atomic E-state index is 5.94. The van der Waals surface area contributed by atoms with E-state index in [0.717, 1.165) is 35.2 Å². The second-order valence-corrected chi connectivity index (χ2v) is 8.90. The van der Waals surface area contributed by atoms with Gasteiger partial charge in [-0.1, -0.05) is 54.4 Å². The van der Waals surface area contributed by atoms with E-state index in [4.69, 9.17) is 14.2 Å². The standard InChI is InChI=1S/C26H31N3O2/c1-2-11-23(12-3-1)30-19-21-8-4-7-13-24(21)26-27-25(28-31-26)18-20-14-16-29(17-15-20)22-9-5-6-10-22/h1-4,7-8,11-13,20,22H,5-6,9-10,14-19H2. The highest BCUT2D eigenvalue weighted by molar-refractivity contribution is 5.58. The van der Waals surface area contributed by atoms with Gasteiger partial charge in [0, 0.05) is 23.6 Å². The first-order valence-corrected chi connectivity index (χ1v) is 11.7. The molecule has 5 rings (SSSR count). The molecule has 5 nitrogen and oxygen atoms in total. The van der Waals surface area contributed by atoms with E-state index in [9.17, 15) is 0 Å². The van der Waals surface area contributed by atoms with Gasteiger partial charge in [0.15, 0.2) is 5.82 Å². The third-order valence-corrected chi connectivity index (χ3v) is 6.81. The summed E-state index contributed by atoms with van der Waals surface area (Å²) in [4.78, 5) is 7.46. The minimum atomic E-state index is 0.470. The van der Waals surface area contributed by atoms with E-state index in [1.54, 1.807) is 0 Å². The molecule has 1 saturated carbocycles. The molecule has 0 bridgehead atoms. The third-order valence-electron chi connectivity index (χ3n) is 6.81. The SMILES string of the molecule is c1ccc(OCc2ccccc2-c2nc(CC3CCN(C4CCCC4)CC3)no2)cc1. The van der Waals surface area contributed by atoms with Gasteiger partial charge in [-0.2, -0.15) is 4.98 Å². The van der Waals surface area contributed by atoms with Crippen molar-refractivity contribution in [3.8, 4) is 17.2 Å². The predicted octanol–water partition coefficient (Wildman–Crippen LogP) is 5.51. The first kappa shape index (κ1) is 20.3. The number of likely N-dealkylation sites (tertiary alicyclic amines) is 1. The normalized spacial score (nSPS) is 18.5. The fourth-order valence-corrected chi connectivity index (χ4v) is 5.03. The summed E-state index contributed by atoms with van der Waals surface area (Å²) < 4.78 is 11.6. The van der Waals surface area contributed by atoms with Crippen molar-refractivity contribution in [3.05, 3.63) is 66.0 Å². The predicted molar refractivity (Wildman–Crippen MR) is 121 cm³/mol. The highest BCUT2D eigenvalue weighted by Gasteiger charge is 2.28. The molecule has 1 aliphatic heterocycles. The molecule has 0 spiro atoms. The Labute approximate surface area is 184 Å². The molecule has 2 heterocycles. The number of nitrogens with zero attached hydrogens (tertiary/aromatic N) is 3. The van der Waals surface area contributed by atoms with Crippen LogP contribution in [-0.4, -0.2) is 34.2 Å². The monoisotopic (exact) mass is 417 g/mol. The molecule has 2 fully saturated rings. The van der Waals surface area contributed by atoms with E-state index in [1.165, 1.54) is 51.6 Å². The average Bonchev–Trinajstić information content (AvgIpc) is 3.52. The van der Waals surface area contributed by atoms with E-state index in [1.807, 2.05) is 48.5 Å². The minimum absolute atomic E-state index is 0.470. The van der Waals surface area contributed by atoms with Crippen molar-refractivity contribution in [1.29, 1.82) is 0 Å². The molecule has 0 N–H and O–H groups in total. The Balaban J connectivity index is 1.20. The van der Waals surface area contributed by atoms with Crippen LogP contribution < -0.4 is 4.74 Å². The molecule has 1 aromatic heterocycles. The smallest absolute Gasteiger partial charge is 0.258 e. The Bertz CT molecular complexity index is 958. The molecular weight excluding hydrogens is 386 g/mol. The molecule has 0 atom stereocenters. The van der Waals surface area contributed by atoms with Crippen molar-refractivity contribution in [1.82, 2.24) is 15.0 Å². The largest absolute Gasteiger partial charge is 0.489 e. The summed E-state index contributed by atoms with van der Waals surface area (Å²) in [5, 5.41) is 4.30. The number of ether oxygens (including phenoxy) is 1. The van der Waals surface area contributed by atoms with Gasteiger partial charge >= 0.3 is 0 Å². The molecule has 0 unspecified atom stereocenters. The minimum Gasteiger partial charge on any atom is -0.489 e. The summed E-state index contributed by atoms with van der Waals surface area (Å²) in [6.45, 7) is 2.91. The number of hydrogen-bond acceptors (Lipinski definition) is 5. The van der Waals surface area contributed by atoms with Gasteiger partial charge in [0.2, 0.25) is 0 Å². The average molecular weight is 418 g/mol. The Morgan fingerprint density at radius 1 is 0.903 bits per heavy atom. The summed E-state index contributed by atoms with van der Waals surface area (Å²) in [5.74, 6) is 2.92. The van der Waals surface area contributed by atoms with Gasteiger partial charge in [-0.25, -0.2) is 0 Å². The Morgan fingerprint density at radius 3 is 2.45 bits per heavy atom. The molecule has 2 aliphatic rings. The molecule has 2 aromatic carbocycles. The summed E-state index contributed by atoms with van der Waals surface area (Å²) in [6, 6.07) is 18.8. The highest BCUT2D eigenvalue weighted by atomic mass is 16.5. The number of piperidine rings is 1. The van der Waals surface area contributed by atoms with Gasteiger partial charge in [0.05, 0.1) is 0 Å². The Hall–Kier alpha value is -2.66. The topological polar surface area (TPSA) is 51.4 Å². The van der Waals surface area contributed by atoms with Gasteiger partial charge in [-0.05, 0) is 62.9 Å². The number of benzene rings is 2. The Kier molecular flexibility index (Phi) is 6.30. The van der Waals surface area contributed by atoms with Crippen molar-refractivity contribution < 1.29 is 9.26 Å². The van der Waals surface area contributed by atoms with Crippen LogP contribution in [0, 0.1) is 5.92 Å². The van der Waals surface area contributed by atoms with Crippen molar-refractivity contribution in [2.45, 2.75) is 57.6 Å². The zero-order chi connectivity index (χ0) is 20.9. The van der Waals surface area contributed by atoms with Gasteiger partial charge in [-0.15, -0.1) is 0 Å². The lowest BCUT2D eigenvalue weighted by atomic mass is 9.92. The van der Waals surface area contributed by atoms with E-state index >= 15 is 0 Å². The number of hydrogen-bond donors (Lipinski definition) is 0. The van der Waals surface area contributed by atoms with Crippen LogP contribution in [0.2, 0.25) is 0 Å². The van der Waals surface area contributed by atoms with Gasteiger partial charge in [0.25, 0.3) is 5.89 Å². The molecule has 0 radical (unpaired) electrons. The molecule has 162 valence electrons. The maximum Gasteiger partial charge on any atom is 0.258 e. The lowest BCUT2D eigenvalue weighted by Crippen LogP contribution is -2.40. The Morgan fingerprint density at radius 2 is 1.65 bits per heavy atom. The number of rotatable bonds is 7. The molecule has 0 amide bonds. The van der Waals surface area contributed by atoms with Crippen molar-refractivity contribution in [2.24, 2.45) is 5.92 Å². The number of para-hydroxylation sites is 1. The fraction of sp³-hybridized carbons (Fsp3) is 0.462. The van der Waals surface area contributed by atoms with Crippen LogP contribution in [0.15, 0.2) is 59.1 Å². The van der Waals surface area contributed by atoms with Gasteiger partial charge in [-0.3, -0.25) is 0 Å². The summed E-state index contributed by atoms with van der Waals surface area (Å²) in [5.41, 5.74) is 2.00. The van der Waals surface area contributed by atoms with Crippen LogP contribution in [0.3, 0.4) is 0 Å². The van der Waals surface area contributed by atoms with E-state index in [0.29, 0.717) is 18.4 Å². The van der Waals surface area contributed by atoms with Gasteiger partial charge < -0.3 is 14.2 Å². The van der Waals surface area contributed by atoms with E-state index < -0.39 is 0 Å². The summed E-state index contributed by atoms with van der Waals surface area (Å²) in [7, 11) is 0. The maximum atomic E-state index is 5.94. The molecule has 3 aromatic rings. The fourth-order valence-electron chi connectivity index (χ4n) is 5.03. The molecular formula is C26H31N3O2. The lowest BCUT2D eigenvalue weighted by Gasteiger charge is -2.35. The third kappa shape index (κ3) is 4.99. The van der Waals surface area contributed by atoms with Crippen molar-refractivity contribution >= 4 is 0 Å². The first-order valence-electron chi connectivity index (χ1n) is 11.7. The lowest BCUT2D eigenvalue weighted by molar-refractivity contribution is 0.133. The zero-order valence-electron chi connectivity index (χ0n) is 18.1. The van der Waals surface area contributed by atoms with Crippen LogP contribution in [0.5, 0.6) is 5.75 Å². The quantitative estimate of drug-likeness (QED) is 0.507. The summed E-state index contributed by atoms with van der Waals surface area (Å²) >= 11 is 0. The van der Waals surface area contributed by atoms with E-state index in [2.05, 4.69) is 16.1 Å². The first-order chi connectivity index (χ1) is 15.3. The van der Waals surface area contributed by atoms with Gasteiger partial charge in [0.1, 0.15) is 12.4 Å². The van der Waals surface area contributed by atoms with Crippen molar-refractivity contribution in [2.75, 3.05) is 13.1 Å². The van der Waals surface area contributed by atoms with Crippen LogP contribution in [0.4, 0.5) is 0 Å². The molecule has 1 aliphatic carbocycles. The van der Waals surface area contributed by atoms with Crippen LogP contribution in [0.1, 0.15) is 49.9 Å². The highest BCUT2D eigenvalue weighted by Crippen LogP contribution is 2.29. The molecule has 5 heteroatoms. The van der Waals surface area contributed by atoms with E-state index in [-0.39, 0.29) is 0 Å². The van der Waals surface area contributed by atoms with Crippen molar-refractivity contribution in [3.63, 3.8) is 0 Å². The summed E-state index contributed by atoms with van der Waals surface area (Å²) in [6.07, 6.45) is 9.00. The van der Waals surface area contributed by atoms with Crippen LogP contribution in [0.25, 0.3) is 11.5 Å². The molecule has 1 saturated heterocycles.